The maximum absolute atomic E-state index is 13.0. The molecule has 0 saturated heterocycles. The summed E-state index contributed by atoms with van der Waals surface area (Å²) in [5.74, 6) is -4.33. The van der Waals surface area contributed by atoms with Gasteiger partial charge in [-0.15, -0.1) is 11.3 Å². The Morgan fingerprint density at radius 3 is 2.06 bits per heavy atom. The zero-order chi connectivity index (χ0) is 13.4. The van der Waals surface area contributed by atoms with Gasteiger partial charge in [-0.25, -0.2) is 13.2 Å². The van der Waals surface area contributed by atoms with Gasteiger partial charge in [0.15, 0.2) is 17.5 Å². The quantitative estimate of drug-likeness (QED) is 0.806. The van der Waals surface area contributed by atoms with Gasteiger partial charge in [0.1, 0.15) is 10.4 Å². The van der Waals surface area contributed by atoms with Crippen LogP contribution in [-0.4, -0.2) is 5.11 Å². The van der Waals surface area contributed by atoms with Crippen molar-refractivity contribution in [2.24, 2.45) is 0 Å². The third kappa shape index (κ3) is 2.49. The maximum Gasteiger partial charge on any atom is 0.194 e. The Bertz CT molecular complexity index is 577. The largest absolute Gasteiger partial charge is 0.384 e. The predicted molar refractivity (Wildman–Crippen MR) is 64.7 cm³/mol. The number of hydrogen-bond acceptors (Lipinski definition) is 2. The monoisotopic (exact) mass is 312 g/mol. The molecule has 0 fully saturated rings. The molecule has 18 heavy (non-hydrogen) atoms. The first-order valence-corrected chi connectivity index (χ1v) is 6.24. The van der Waals surface area contributed by atoms with E-state index in [2.05, 4.69) is 0 Å². The fraction of sp³-hybridized carbons (Fsp3) is 0.0909. The summed E-state index contributed by atoms with van der Waals surface area (Å²) in [4.78, 5) is 0. The molecule has 1 unspecified atom stereocenters. The summed E-state index contributed by atoms with van der Waals surface area (Å²) in [6.07, 6.45) is -1.37. The van der Waals surface area contributed by atoms with Crippen LogP contribution in [0.15, 0.2) is 18.2 Å². The highest BCUT2D eigenvalue weighted by molar-refractivity contribution is 7.20. The highest BCUT2D eigenvalue weighted by atomic mass is 35.5. The van der Waals surface area contributed by atoms with E-state index in [1.54, 1.807) is 0 Å². The predicted octanol–water partition coefficient (Wildman–Crippen LogP) is 4.55. The first-order valence-electron chi connectivity index (χ1n) is 4.67. The molecule has 0 spiro atoms. The molecule has 0 bridgehead atoms. The summed E-state index contributed by atoms with van der Waals surface area (Å²) in [6.45, 7) is 0. The van der Waals surface area contributed by atoms with Gasteiger partial charge in [0.05, 0.1) is 4.34 Å². The minimum atomic E-state index is -1.58. The lowest BCUT2D eigenvalue weighted by atomic mass is 10.0. The first kappa shape index (κ1) is 13.7. The van der Waals surface area contributed by atoms with Gasteiger partial charge in [0.25, 0.3) is 0 Å². The van der Waals surface area contributed by atoms with Crippen molar-refractivity contribution in [3.05, 3.63) is 55.5 Å². The Morgan fingerprint density at radius 2 is 1.61 bits per heavy atom. The molecule has 96 valence electrons. The van der Waals surface area contributed by atoms with Gasteiger partial charge in [0, 0.05) is 5.56 Å². The molecule has 2 aromatic rings. The van der Waals surface area contributed by atoms with Crippen LogP contribution in [0.5, 0.6) is 0 Å². The minimum absolute atomic E-state index is 0.136. The van der Waals surface area contributed by atoms with Crippen molar-refractivity contribution in [2.45, 2.75) is 6.10 Å². The number of halogens is 5. The molecule has 0 aliphatic rings. The molecule has 0 saturated carbocycles. The maximum atomic E-state index is 13.0. The second-order valence-electron chi connectivity index (χ2n) is 3.48. The van der Waals surface area contributed by atoms with Crippen LogP contribution >= 0.6 is 34.5 Å². The molecular formula is C11H5Cl2F3OS. The SMILES string of the molecule is OC(c1cc(F)c(F)c(F)c1)c1cc(Cl)sc1Cl. The molecule has 1 nitrogen and oxygen atoms in total. The van der Waals surface area contributed by atoms with Gasteiger partial charge in [-0.3, -0.25) is 0 Å². The van der Waals surface area contributed by atoms with E-state index in [1.807, 2.05) is 0 Å². The van der Waals surface area contributed by atoms with E-state index < -0.39 is 23.6 Å². The highest BCUT2D eigenvalue weighted by Gasteiger charge is 2.20. The van der Waals surface area contributed by atoms with E-state index in [0.717, 1.165) is 11.3 Å². The van der Waals surface area contributed by atoms with Crippen molar-refractivity contribution in [1.29, 1.82) is 0 Å². The van der Waals surface area contributed by atoms with E-state index in [-0.39, 0.29) is 15.5 Å². The minimum Gasteiger partial charge on any atom is -0.384 e. The van der Waals surface area contributed by atoms with Crippen molar-refractivity contribution < 1.29 is 18.3 Å². The van der Waals surface area contributed by atoms with Gasteiger partial charge in [0.2, 0.25) is 0 Å². The fourth-order valence-electron chi connectivity index (χ4n) is 1.45. The summed E-state index contributed by atoms with van der Waals surface area (Å²) in [6, 6.07) is 2.81. The number of thiophene rings is 1. The van der Waals surface area contributed by atoms with E-state index >= 15 is 0 Å². The van der Waals surface area contributed by atoms with Gasteiger partial charge in [-0.1, -0.05) is 23.2 Å². The van der Waals surface area contributed by atoms with Crippen LogP contribution in [0.1, 0.15) is 17.2 Å². The van der Waals surface area contributed by atoms with Crippen LogP contribution in [0, 0.1) is 17.5 Å². The van der Waals surface area contributed by atoms with Gasteiger partial charge in [-0.2, -0.15) is 0 Å². The lowest BCUT2D eigenvalue weighted by molar-refractivity contribution is 0.219. The van der Waals surface area contributed by atoms with E-state index in [9.17, 15) is 18.3 Å². The molecule has 0 aliphatic carbocycles. The van der Waals surface area contributed by atoms with Crippen LogP contribution in [0.3, 0.4) is 0 Å². The van der Waals surface area contributed by atoms with Crippen molar-refractivity contribution in [1.82, 2.24) is 0 Å². The zero-order valence-corrected chi connectivity index (χ0v) is 10.9. The lowest BCUT2D eigenvalue weighted by Gasteiger charge is -2.10. The molecule has 1 heterocycles. The third-order valence-electron chi connectivity index (χ3n) is 2.30. The van der Waals surface area contributed by atoms with E-state index in [1.165, 1.54) is 6.07 Å². The molecule has 1 aromatic heterocycles. The average molecular weight is 313 g/mol. The highest BCUT2D eigenvalue weighted by Crippen LogP contribution is 2.37. The number of rotatable bonds is 2. The van der Waals surface area contributed by atoms with E-state index in [4.69, 9.17) is 23.2 Å². The Morgan fingerprint density at radius 1 is 1.06 bits per heavy atom. The molecule has 1 atom stereocenters. The third-order valence-corrected chi connectivity index (χ3v) is 3.82. The smallest absolute Gasteiger partial charge is 0.194 e. The standard InChI is InChI=1S/C11H5Cl2F3OS/c12-8-3-5(11(13)18-8)10(17)4-1-6(14)9(16)7(15)2-4/h1-3,10,17H. The Hall–Kier alpha value is -0.750. The van der Waals surface area contributed by atoms with Crippen LogP contribution < -0.4 is 0 Å². The average Bonchev–Trinajstić information content (AvgIpc) is 2.63. The normalized spacial score (nSPS) is 12.8. The van der Waals surface area contributed by atoms with Crippen molar-refractivity contribution >= 4 is 34.5 Å². The van der Waals surface area contributed by atoms with Crippen molar-refractivity contribution in [3.63, 3.8) is 0 Å². The number of hydrogen-bond donors (Lipinski definition) is 1. The molecule has 0 aliphatic heterocycles. The summed E-state index contributed by atoms with van der Waals surface area (Å²) < 4.78 is 39.4. The molecule has 1 aromatic carbocycles. The number of aliphatic hydroxyl groups is 1. The Labute approximate surface area is 114 Å². The summed E-state index contributed by atoms with van der Waals surface area (Å²) >= 11 is 12.5. The molecule has 7 heteroatoms. The molecule has 2 rings (SSSR count). The zero-order valence-electron chi connectivity index (χ0n) is 8.55. The second-order valence-corrected chi connectivity index (χ2v) is 5.77. The summed E-state index contributed by atoms with van der Waals surface area (Å²) in [7, 11) is 0. The molecule has 0 amide bonds. The van der Waals surface area contributed by atoms with Crippen molar-refractivity contribution in [2.75, 3.05) is 0 Å². The molecular weight excluding hydrogens is 308 g/mol. The summed E-state index contributed by atoms with van der Waals surface area (Å²) in [5, 5.41) is 9.93. The lowest BCUT2D eigenvalue weighted by Crippen LogP contribution is -2.02. The topological polar surface area (TPSA) is 20.2 Å². The van der Waals surface area contributed by atoms with Crippen LogP contribution in [-0.2, 0) is 0 Å². The fourth-order valence-corrected chi connectivity index (χ4v) is 2.97. The Balaban J connectivity index is 2.46. The Kier molecular flexibility index (Phi) is 3.87. The van der Waals surface area contributed by atoms with Gasteiger partial charge >= 0.3 is 0 Å². The first-order chi connectivity index (χ1) is 8.40. The second kappa shape index (κ2) is 5.09. The number of benzene rings is 1. The van der Waals surface area contributed by atoms with Crippen LogP contribution in [0.25, 0.3) is 0 Å². The number of aliphatic hydroxyl groups excluding tert-OH is 1. The van der Waals surface area contributed by atoms with Gasteiger partial charge in [-0.05, 0) is 23.8 Å². The summed E-state index contributed by atoms with van der Waals surface area (Å²) in [5.41, 5.74) is 0.0832. The van der Waals surface area contributed by atoms with Gasteiger partial charge < -0.3 is 5.11 Å². The van der Waals surface area contributed by atoms with Crippen LogP contribution in [0.2, 0.25) is 8.67 Å². The van der Waals surface area contributed by atoms with Crippen molar-refractivity contribution in [3.8, 4) is 0 Å². The molecule has 0 radical (unpaired) electrons. The molecule has 1 N–H and O–H groups in total. The van der Waals surface area contributed by atoms with Crippen LogP contribution in [0.4, 0.5) is 13.2 Å². The van der Waals surface area contributed by atoms with E-state index in [0.29, 0.717) is 16.5 Å².